The van der Waals surface area contributed by atoms with Gasteiger partial charge in [-0.25, -0.2) is 9.67 Å². The second kappa shape index (κ2) is 10.3. The number of aryl methyl sites for hydroxylation is 1. The Morgan fingerprint density at radius 2 is 2.03 bits per heavy atom. The van der Waals surface area contributed by atoms with E-state index in [1.807, 2.05) is 37.3 Å². The van der Waals surface area contributed by atoms with Gasteiger partial charge in [0.25, 0.3) is 5.91 Å². The summed E-state index contributed by atoms with van der Waals surface area (Å²) in [5, 5.41) is 12.1. The molecule has 0 spiro atoms. The molecule has 0 unspecified atom stereocenters. The van der Waals surface area contributed by atoms with Gasteiger partial charge in [-0.05, 0) is 25.1 Å². The quantitative estimate of drug-likeness (QED) is 0.387. The number of hydrogen-bond acceptors (Lipinski definition) is 6. The standard InChI is InChI=1S/C24H25ClN6O2/c1-3-31-23-18(15-30-31)21(28-13-16-7-6-9-20(25)22(16)33-2)19(14-29-23)24(32)27-12-10-17-8-4-5-11-26-17/h4-9,11,14-15H,3,10,12-13H2,1-2H3,(H,27,32)(H,28,29). The molecule has 0 aliphatic carbocycles. The molecule has 1 amide bonds. The van der Waals surface area contributed by atoms with Crippen LogP contribution in [0.1, 0.15) is 28.5 Å². The van der Waals surface area contributed by atoms with E-state index in [1.165, 1.54) is 0 Å². The Morgan fingerprint density at radius 3 is 2.79 bits per heavy atom. The number of nitrogens with zero attached hydrogens (tertiary/aromatic N) is 4. The first-order valence-corrected chi connectivity index (χ1v) is 11.1. The first kappa shape index (κ1) is 22.5. The molecule has 1 aromatic carbocycles. The molecule has 170 valence electrons. The number of methoxy groups -OCH3 is 1. The number of carbonyl (C=O) groups excluding carboxylic acids is 1. The molecule has 4 rings (SSSR count). The molecule has 0 aliphatic rings. The van der Waals surface area contributed by atoms with Crippen LogP contribution < -0.4 is 15.4 Å². The lowest BCUT2D eigenvalue weighted by molar-refractivity contribution is 0.0954. The molecule has 0 aliphatic heterocycles. The maximum atomic E-state index is 13.1. The second-order valence-corrected chi connectivity index (χ2v) is 7.76. The summed E-state index contributed by atoms with van der Waals surface area (Å²) < 4.78 is 7.26. The minimum Gasteiger partial charge on any atom is -0.495 e. The summed E-state index contributed by atoms with van der Waals surface area (Å²) in [6, 6.07) is 11.3. The van der Waals surface area contributed by atoms with E-state index >= 15 is 0 Å². The zero-order chi connectivity index (χ0) is 23.2. The minimum atomic E-state index is -0.217. The van der Waals surface area contributed by atoms with Crippen molar-refractivity contribution in [1.29, 1.82) is 0 Å². The van der Waals surface area contributed by atoms with Gasteiger partial charge in [0.1, 0.15) is 5.75 Å². The van der Waals surface area contributed by atoms with E-state index in [1.54, 1.807) is 36.4 Å². The van der Waals surface area contributed by atoms with E-state index in [9.17, 15) is 4.79 Å². The van der Waals surface area contributed by atoms with Crippen molar-refractivity contribution in [1.82, 2.24) is 25.1 Å². The molecule has 9 heteroatoms. The summed E-state index contributed by atoms with van der Waals surface area (Å²) in [6.45, 7) is 3.54. The Hall–Kier alpha value is -3.65. The van der Waals surface area contributed by atoms with Crippen molar-refractivity contribution in [2.24, 2.45) is 0 Å². The van der Waals surface area contributed by atoms with Crippen LogP contribution in [0.5, 0.6) is 5.75 Å². The van der Waals surface area contributed by atoms with Gasteiger partial charge in [0.05, 0.1) is 35.0 Å². The number of amides is 1. The third-order valence-electron chi connectivity index (χ3n) is 5.31. The third-order valence-corrected chi connectivity index (χ3v) is 5.61. The SMILES string of the molecule is CCn1ncc2c(NCc3cccc(Cl)c3OC)c(C(=O)NCCc3ccccn3)cnc21. The molecule has 3 heterocycles. The smallest absolute Gasteiger partial charge is 0.254 e. The normalized spacial score (nSPS) is 10.9. The lowest BCUT2D eigenvalue weighted by atomic mass is 10.1. The van der Waals surface area contributed by atoms with Crippen LogP contribution in [0.25, 0.3) is 11.0 Å². The number of pyridine rings is 2. The van der Waals surface area contributed by atoms with Gasteiger partial charge in [-0.2, -0.15) is 5.10 Å². The van der Waals surface area contributed by atoms with Gasteiger partial charge in [0.2, 0.25) is 0 Å². The number of rotatable bonds is 9. The van der Waals surface area contributed by atoms with Gasteiger partial charge in [0.15, 0.2) is 5.65 Å². The topological polar surface area (TPSA) is 94.0 Å². The summed E-state index contributed by atoms with van der Waals surface area (Å²) >= 11 is 6.27. The lowest BCUT2D eigenvalue weighted by Gasteiger charge is -2.15. The van der Waals surface area contributed by atoms with Crippen molar-refractivity contribution in [2.45, 2.75) is 26.4 Å². The number of ether oxygens (including phenoxy) is 1. The monoisotopic (exact) mass is 464 g/mol. The highest BCUT2D eigenvalue weighted by Crippen LogP contribution is 2.31. The largest absolute Gasteiger partial charge is 0.495 e. The first-order valence-electron chi connectivity index (χ1n) is 10.7. The summed E-state index contributed by atoms with van der Waals surface area (Å²) in [5.41, 5.74) is 3.61. The number of halogens is 1. The van der Waals surface area contributed by atoms with Gasteiger partial charge in [-0.1, -0.05) is 29.8 Å². The summed E-state index contributed by atoms with van der Waals surface area (Å²) in [4.78, 5) is 21.9. The molecule has 0 fully saturated rings. The first-order chi connectivity index (χ1) is 16.1. The van der Waals surface area contributed by atoms with Gasteiger partial charge < -0.3 is 15.4 Å². The van der Waals surface area contributed by atoms with E-state index in [2.05, 4.69) is 25.7 Å². The Labute approximate surface area is 197 Å². The molecule has 8 nitrogen and oxygen atoms in total. The highest BCUT2D eigenvalue weighted by atomic mass is 35.5. The fourth-order valence-corrected chi connectivity index (χ4v) is 3.94. The van der Waals surface area contributed by atoms with Crippen molar-refractivity contribution in [2.75, 3.05) is 19.0 Å². The molecule has 2 N–H and O–H groups in total. The van der Waals surface area contributed by atoms with Crippen LogP contribution in [0.4, 0.5) is 5.69 Å². The maximum Gasteiger partial charge on any atom is 0.254 e. The lowest BCUT2D eigenvalue weighted by Crippen LogP contribution is -2.27. The highest BCUT2D eigenvalue weighted by Gasteiger charge is 2.19. The molecule has 3 aromatic heterocycles. The zero-order valence-corrected chi connectivity index (χ0v) is 19.3. The molecule has 4 aromatic rings. The summed E-state index contributed by atoms with van der Waals surface area (Å²) in [5.74, 6) is 0.382. The number of benzene rings is 1. The number of aromatic nitrogens is 4. The predicted octanol–water partition coefficient (Wildman–Crippen LogP) is 4.09. The number of hydrogen-bond donors (Lipinski definition) is 2. The summed E-state index contributed by atoms with van der Waals surface area (Å²) in [7, 11) is 1.58. The Balaban J connectivity index is 1.60. The Morgan fingerprint density at radius 1 is 1.15 bits per heavy atom. The molecule has 0 bridgehead atoms. The van der Waals surface area contributed by atoms with Crippen molar-refractivity contribution in [3.05, 3.63) is 76.8 Å². The highest BCUT2D eigenvalue weighted by molar-refractivity contribution is 6.32. The predicted molar refractivity (Wildman–Crippen MR) is 129 cm³/mol. The van der Waals surface area contributed by atoms with Gasteiger partial charge >= 0.3 is 0 Å². The fourth-order valence-electron chi connectivity index (χ4n) is 3.67. The van der Waals surface area contributed by atoms with Crippen LogP contribution in [-0.2, 0) is 19.5 Å². The molecule has 0 radical (unpaired) electrons. The van der Waals surface area contributed by atoms with Crippen LogP contribution in [0, 0.1) is 0 Å². The third kappa shape index (κ3) is 4.90. The van der Waals surface area contributed by atoms with E-state index in [-0.39, 0.29) is 5.91 Å². The molecule has 0 saturated carbocycles. The fraction of sp³-hybridized carbons (Fsp3) is 0.250. The van der Waals surface area contributed by atoms with Crippen LogP contribution in [0.3, 0.4) is 0 Å². The molecular formula is C24H25ClN6O2. The van der Waals surface area contributed by atoms with Crippen LogP contribution in [0.15, 0.2) is 55.0 Å². The number of carbonyl (C=O) groups is 1. The average molecular weight is 465 g/mol. The number of fused-ring (bicyclic) bond motifs is 1. The van der Waals surface area contributed by atoms with Crippen molar-refractivity contribution in [3.8, 4) is 5.75 Å². The molecule has 0 atom stereocenters. The van der Waals surface area contributed by atoms with E-state index < -0.39 is 0 Å². The molecular weight excluding hydrogens is 440 g/mol. The number of para-hydroxylation sites is 1. The Kier molecular flexibility index (Phi) is 7.04. The van der Waals surface area contributed by atoms with Crippen molar-refractivity contribution >= 4 is 34.2 Å². The van der Waals surface area contributed by atoms with E-state index in [0.29, 0.717) is 53.7 Å². The summed E-state index contributed by atoms with van der Waals surface area (Å²) in [6.07, 6.45) is 5.70. The van der Waals surface area contributed by atoms with E-state index in [0.717, 1.165) is 16.6 Å². The molecule has 0 saturated heterocycles. The van der Waals surface area contributed by atoms with Crippen LogP contribution >= 0.6 is 11.6 Å². The average Bonchev–Trinajstić information content (AvgIpc) is 3.26. The second-order valence-electron chi connectivity index (χ2n) is 7.36. The number of anilines is 1. The maximum absolute atomic E-state index is 13.1. The van der Waals surface area contributed by atoms with Crippen molar-refractivity contribution < 1.29 is 9.53 Å². The van der Waals surface area contributed by atoms with Crippen LogP contribution in [-0.4, -0.2) is 39.3 Å². The zero-order valence-electron chi connectivity index (χ0n) is 18.5. The van der Waals surface area contributed by atoms with Gasteiger partial charge in [0, 0.05) is 49.7 Å². The number of nitrogens with one attached hydrogen (secondary N) is 2. The van der Waals surface area contributed by atoms with Gasteiger partial charge in [-0.3, -0.25) is 9.78 Å². The minimum absolute atomic E-state index is 0.217. The molecule has 33 heavy (non-hydrogen) atoms. The van der Waals surface area contributed by atoms with Crippen molar-refractivity contribution in [3.63, 3.8) is 0 Å². The van der Waals surface area contributed by atoms with Gasteiger partial charge in [-0.15, -0.1) is 0 Å². The van der Waals surface area contributed by atoms with Crippen LogP contribution in [0.2, 0.25) is 5.02 Å². The Bertz CT molecular complexity index is 1260. The van der Waals surface area contributed by atoms with E-state index in [4.69, 9.17) is 16.3 Å².